The van der Waals surface area contributed by atoms with Crippen LogP contribution in [-0.2, 0) is 11.2 Å². The number of aliphatic hydroxyl groups excluding tert-OH is 1. The van der Waals surface area contributed by atoms with Crippen molar-refractivity contribution in [3.05, 3.63) is 35.4 Å². The minimum atomic E-state index is -0.334. The van der Waals surface area contributed by atoms with Gasteiger partial charge in [0.2, 0.25) is 5.91 Å². The Morgan fingerprint density at radius 3 is 3.00 bits per heavy atom. The number of nitrogens with one attached hydrogen (secondary N) is 1. The number of rotatable bonds is 2. The van der Waals surface area contributed by atoms with Gasteiger partial charge in [0.1, 0.15) is 6.04 Å². The van der Waals surface area contributed by atoms with Gasteiger partial charge in [0.05, 0.1) is 6.10 Å². The fourth-order valence-corrected chi connectivity index (χ4v) is 3.29. The third kappa shape index (κ3) is 2.45. The van der Waals surface area contributed by atoms with Gasteiger partial charge in [-0.3, -0.25) is 4.79 Å². The van der Waals surface area contributed by atoms with E-state index < -0.39 is 0 Å². The lowest BCUT2D eigenvalue weighted by Gasteiger charge is -2.29. The maximum atomic E-state index is 12.7. The van der Waals surface area contributed by atoms with Gasteiger partial charge < -0.3 is 15.3 Å². The van der Waals surface area contributed by atoms with Crippen LogP contribution in [0.15, 0.2) is 24.3 Å². The number of benzene rings is 1. The maximum absolute atomic E-state index is 12.7. The molecular formula is C16H22N2O2. The second-order valence-electron chi connectivity index (χ2n) is 5.91. The Morgan fingerprint density at radius 2 is 2.25 bits per heavy atom. The van der Waals surface area contributed by atoms with Gasteiger partial charge in [-0.05, 0) is 30.9 Å². The van der Waals surface area contributed by atoms with Crippen LogP contribution in [0.4, 0.5) is 0 Å². The average Bonchev–Trinajstić information content (AvgIpc) is 2.96. The second kappa shape index (κ2) is 5.54. The molecule has 1 amide bonds. The van der Waals surface area contributed by atoms with E-state index in [-0.39, 0.29) is 24.0 Å². The van der Waals surface area contributed by atoms with E-state index in [9.17, 15) is 9.90 Å². The summed E-state index contributed by atoms with van der Waals surface area (Å²) in [5.74, 6) is 0.373. The maximum Gasteiger partial charge on any atom is 0.244 e. The Kier molecular flexibility index (Phi) is 3.76. The fourth-order valence-electron chi connectivity index (χ4n) is 3.29. The first-order valence-electron chi connectivity index (χ1n) is 7.45. The molecule has 0 aromatic heterocycles. The molecule has 0 aliphatic carbocycles. The Labute approximate surface area is 119 Å². The van der Waals surface area contributed by atoms with Crippen LogP contribution in [0.2, 0.25) is 0 Å². The standard InChI is InChI=1S/C16H22N2O2/c1-11(19)13-7-9-18(10-13)16(20)15-14-5-3-2-4-12(14)6-8-17-15/h2-5,11,13,15,17,19H,6-10H2,1H3. The summed E-state index contributed by atoms with van der Waals surface area (Å²) in [7, 11) is 0. The Bertz CT molecular complexity index is 501. The predicted octanol–water partition coefficient (Wildman–Crippen LogP) is 1.10. The lowest BCUT2D eigenvalue weighted by Crippen LogP contribution is -2.43. The van der Waals surface area contributed by atoms with E-state index in [2.05, 4.69) is 11.4 Å². The molecule has 1 fully saturated rings. The summed E-state index contributed by atoms with van der Waals surface area (Å²) in [5, 5.41) is 13.0. The summed E-state index contributed by atoms with van der Waals surface area (Å²) >= 11 is 0. The third-order valence-electron chi connectivity index (χ3n) is 4.57. The highest BCUT2D eigenvalue weighted by Crippen LogP contribution is 2.27. The molecular weight excluding hydrogens is 252 g/mol. The third-order valence-corrected chi connectivity index (χ3v) is 4.57. The molecule has 3 unspecified atom stereocenters. The first-order valence-corrected chi connectivity index (χ1v) is 7.45. The van der Waals surface area contributed by atoms with Crippen LogP contribution in [0.3, 0.4) is 0 Å². The molecule has 4 heteroatoms. The number of carbonyl (C=O) groups is 1. The Morgan fingerprint density at radius 1 is 1.45 bits per heavy atom. The van der Waals surface area contributed by atoms with E-state index in [1.165, 1.54) is 5.56 Å². The zero-order valence-corrected chi connectivity index (χ0v) is 11.9. The van der Waals surface area contributed by atoms with Crippen LogP contribution in [0.5, 0.6) is 0 Å². The summed E-state index contributed by atoms with van der Waals surface area (Å²) < 4.78 is 0. The molecule has 0 saturated carbocycles. The number of fused-ring (bicyclic) bond motifs is 1. The van der Waals surface area contributed by atoms with E-state index in [1.54, 1.807) is 0 Å². The smallest absolute Gasteiger partial charge is 0.244 e. The summed E-state index contributed by atoms with van der Waals surface area (Å²) in [6.07, 6.45) is 1.55. The number of hydrogen-bond donors (Lipinski definition) is 2. The van der Waals surface area contributed by atoms with E-state index in [0.717, 1.165) is 31.5 Å². The molecule has 2 aliphatic heterocycles. The highest BCUT2D eigenvalue weighted by atomic mass is 16.3. The first kappa shape index (κ1) is 13.6. The van der Waals surface area contributed by atoms with Crippen molar-refractivity contribution in [1.29, 1.82) is 0 Å². The number of likely N-dealkylation sites (tertiary alicyclic amines) is 1. The lowest BCUT2D eigenvalue weighted by atomic mass is 9.93. The van der Waals surface area contributed by atoms with Crippen molar-refractivity contribution >= 4 is 5.91 Å². The minimum absolute atomic E-state index is 0.153. The molecule has 3 atom stereocenters. The monoisotopic (exact) mass is 274 g/mol. The molecule has 20 heavy (non-hydrogen) atoms. The molecule has 3 rings (SSSR count). The topological polar surface area (TPSA) is 52.6 Å². The van der Waals surface area contributed by atoms with Crippen molar-refractivity contribution in [2.75, 3.05) is 19.6 Å². The van der Waals surface area contributed by atoms with Crippen molar-refractivity contribution in [3.63, 3.8) is 0 Å². The molecule has 2 aliphatic rings. The number of nitrogens with zero attached hydrogens (tertiary/aromatic N) is 1. The van der Waals surface area contributed by atoms with Gasteiger partial charge >= 0.3 is 0 Å². The molecule has 0 bridgehead atoms. The molecule has 1 saturated heterocycles. The molecule has 2 heterocycles. The molecule has 2 N–H and O–H groups in total. The molecule has 1 aromatic carbocycles. The van der Waals surface area contributed by atoms with Crippen LogP contribution in [-0.4, -0.2) is 41.7 Å². The Hall–Kier alpha value is -1.39. The van der Waals surface area contributed by atoms with E-state index in [4.69, 9.17) is 0 Å². The summed E-state index contributed by atoms with van der Waals surface area (Å²) in [6, 6.07) is 7.97. The van der Waals surface area contributed by atoms with Crippen LogP contribution in [0.25, 0.3) is 0 Å². The van der Waals surface area contributed by atoms with Crippen molar-refractivity contribution in [2.45, 2.75) is 31.9 Å². The molecule has 0 spiro atoms. The van der Waals surface area contributed by atoms with Crippen molar-refractivity contribution in [2.24, 2.45) is 5.92 Å². The normalized spacial score (nSPS) is 27.2. The number of aliphatic hydroxyl groups is 1. The van der Waals surface area contributed by atoms with E-state index >= 15 is 0 Å². The van der Waals surface area contributed by atoms with Gasteiger partial charge in [0.15, 0.2) is 0 Å². The summed E-state index contributed by atoms with van der Waals surface area (Å²) in [6.45, 7) is 4.10. The SMILES string of the molecule is CC(O)C1CCN(C(=O)C2NCCc3ccccc32)C1. The quantitative estimate of drug-likeness (QED) is 0.849. The minimum Gasteiger partial charge on any atom is -0.393 e. The van der Waals surface area contributed by atoms with Crippen LogP contribution >= 0.6 is 0 Å². The van der Waals surface area contributed by atoms with Crippen molar-refractivity contribution in [3.8, 4) is 0 Å². The molecule has 1 aromatic rings. The number of hydrogen-bond acceptors (Lipinski definition) is 3. The second-order valence-corrected chi connectivity index (χ2v) is 5.91. The Balaban J connectivity index is 1.76. The lowest BCUT2D eigenvalue weighted by molar-refractivity contribution is -0.133. The van der Waals surface area contributed by atoms with Crippen LogP contribution < -0.4 is 5.32 Å². The van der Waals surface area contributed by atoms with E-state index in [1.807, 2.05) is 30.0 Å². The summed E-state index contributed by atoms with van der Waals surface area (Å²) in [5.41, 5.74) is 2.39. The van der Waals surface area contributed by atoms with Crippen molar-refractivity contribution in [1.82, 2.24) is 10.2 Å². The summed E-state index contributed by atoms with van der Waals surface area (Å²) in [4.78, 5) is 14.6. The number of carbonyl (C=O) groups excluding carboxylic acids is 1. The van der Waals surface area contributed by atoms with Gasteiger partial charge in [-0.2, -0.15) is 0 Å². The molecule has 4 nitrogen and oxygen atoms in total. The largest absolute Gasteiger partial charge is 0.393 e. The average molecular weight is 274 g/mol. The fraction of sp³-hybridized carbons (Fsp3) is 0.562. The highest BCUT2D eigenvalue weighted by molar-refractivity contribution is 5.84. The predicted molar refractivity (Wildman–Crippen MR) is 77.3 cm³/mol. The van der Waals surface area contributed by atoms with Crippen LogP contribution in [0.1, 0.15) is 30.5 Å². The van der Waals surface area contributed by atoms with Gasteiger partial charge in [-0.25, -0.2) is 0 Å². The zero-order valence-electron chi connectivity index (χ0n) is 11.9. The van der Waals surface area contributed by atoms with E-state index in [0.29, 0.717) is 6.54 Å². The molecule has 0 radical (unpaired) electrons. The van der Waals surface area contributed by atoms with Crippen molar-refractivity contribution < 1.29 is 9.90 Å². The van der Waals surface area contributed by atoms with Crippen LogP contribution in [0, 0.1) is 5.92 Å². The van der Waals surface area contributed by atoms with Gasteiger partial charge in [-0.15, -0.1) is 0 Å². The number of amides is 1. The zero-order chi connectivity index (χ0) is 14.1. The highest BCUT2D eigenvalue weighted by Gasteiger charge is 2.34. The van der Waals surface area contributed by atoms with Gasteiger partial charge in [0, 0.05) is 25.6 Å². The van der Waals surface area contributed by atoms with Gasteiger partial charge in [-0.1, -0.05) is 24.3 Å². The molecule has 108 valence electrons. The van der Waals surface area contributed by atoms with Gasteiger partial charge in [0.25, 0.3) is 0 Å². The first-order chi connectivity index (χ1) is 9.66.